The Morgan fingerprint density at radius 2 is 1.93 bits per heavy atom. The van der Waals surface area contributed by atoms with Crippen LogP contribution in [0, 0.1) is 10.1 Å². The van der Waals surface area contributed by atoms with Crippen LogP contribution in [0.2, 0.25) is 0 Å². The van der Waals surface area contributed by atoms with E-state index in [-0.39, 0.29) is 17.6 Å². The standard InChI is InChI=1S/C21H25N3O4S/c1-28-17-8-5-15(6-9-17)19(23-11-3-4-12-23)14-22-21(25)16-7-10-20(29-2)18(13-16)24(26)27/h5-10,13,19H,3-4,11-12,14H2,1-2H3,(H,22,25)/t19-/m1/s1. The molecule has 3 rings (SSSR count). The van der Waals surface area contributed by atoms with E-state index in [0.29, 0.717) is 17.0 Å². The first-order chi connectivity index (χ1) is 14.0. The first kappa shape index (κ1) is 21.1. The largest absolute Gasteiger partial charge is 0.497 e. The molecule has 0 radical (unpaired) electrons. The van der Waals surface area contributed by atoms with E-state index in [9.17, 15) is 14.9 Å². The summed E-state index contributed by atoms with van der Waals surface area (Å²) in [4.78, 5) is 26.4. The van der Waals surface area contributed by atoms with Crippen molar-refractivity contribution in [3.05, 3.63) is 63.7 Å². The van der Waals surface area contributed by atoms with Gasteiger partial charge in [-0.15, -0.1) is 11.8 Å². The Bertz CT molecular complexity index is 867. The number of amides is 1. The Labute approximate surface area is 174 Å². The van der Waals surface area contributed by atoms with Crippen LogP contribution in [-0.2, 0) is 0 Å². The second-order valence-electron chi connectivity index (χ2n) is 6.89. The summed E-state index contributed by atoms with van der Waals surface area (Å²) in [6.45, 7) is 2.41. The molecule has 0 bridgehead atoms. The van der Waals surface area contributed by atoms with Gasteiger partial charge in [-0.25, -0.2) is 0 Å². The van der Waals surface area contributed by atoms with E-state index in [1.807, 2.05) is 24.3 Å². The lowest BCUT2D eigenvalue weighted by molar-refractivity contribution is -0.387. The fourth-order valence-corrected chi connectivity index (χ4v) is 4.15. The van der Waals surface area contributed by atoms with Crippen molar-refractivity contribution in [3.63, 3.8) is 0 Å². The summed E-state index contributed by atoms with van der Waals surface area (Å²) in [5, 5.41) is 14.2. The molecule has 2 aromatic rings. The average Bonchev–Trinajstić information content (AvgIpc) is 3.28. The van der Waals surface area contributed by atoms with Crippen molar-refractivity contribution in [3.8, 4) is 5.75 Å². The van der Waals surface area contributed by atoms with Crippen LogP contribution in [0.3, 0.4) is 0 Å². The predicted octanol–water partition coefficient (Wildman–Crippen LogP) is 3.89. The fraction of sp³-hybridized carbons (Fsp3) is 0.381. The minimum atomic E-state index is -0.451. The van der Waals surface area contributed by atoms with E-state index in [1.165, 1.54) is 17.8 Å². The highest BCUT2D eigenvalue weighted by atomic mass is 32.2. The van der Waals surface area contributed by atoms with Crippen molar-refractivity contribution >= 4 is 23.4 Å². The Hall–Kier alpha value is -2.58. The van der Waals surface area contributed by atoms with Crippen LogP contribution < -0.4 is 10.1 Å². The summed E-state index contributed by atoms with van der Waals surface area (Å²) in [6.07, 6.45) is 4.06. The van der Waals surface area contributed by atoms with Crippen molar-refractivity contribution in [1.82, 2.24) is 10.2 Å². The van der Waals surface area contributed by atoms with E-state index in [2.05, 4.69) is 10.2 Å². The molecule has 1 heterocycles. The molecule has 1 fully saturated rings. The number of nitrogens with zero attached hydrogens (tertiary/aromatic N) is 2. The van der Waals surface area contributed by atoms with E-state index >= 15 is 0 Å². The molecule has 1 aliphatic heterocycles. The Morgan fingerprint density at radius 3 is 2.52 bits per heavy atom. The topological polar surface area (TPSA) is 84.7 Å². The summed E-state index contributed by atoms with van der Waals surface area (Å²) in [6, 6.07) is 12.5. The van der Waals surface area contributed by atoms with Gasteiger partial charge in [0.25, 0.3) is 11.6 Å². The molecule has 7 nitrogen and oxygen atoms in total. The summed E-state index contributed by atoms with van der Waals surface area (Å²) in [7, 11) is 1.63. The molecule has 154 valence electrons. The minimum Gasteiger partial charge on any atom is -0.497 e. The maximum Gasteiger partial charge on any atom is 0.283 e. The number of hydrogen-bond acceptors (Lipinski definition) is 6. The molecular formula is C21H25N3O4S. The Balaban J connectivity index is 1.75. The number of carbonyl (C=O) groups is 1. The van der Waals surface area contributed by atoms with Gasteiger partial charge in [-0.3, -0.25) is 19.8 Å². The van der Waals surface area contributed by atoms with Crippen LogP contribution in [-0.4, -0.2) is 48.7 Å². The molecule has 0 aliphatic carbocycles. The van der Waals surface area contributed by atoms with Crippen LogP contribution >= 0.6 is 11.8 Å². The maximum absolute atomic E-state index is 12.7. The first-order valence-electron chi connectivity index (χ1n) is 9.52. The summed E-state index contributed by atoms with van der Waals surface area (Å²) in [5.41, 5.74) is 1.36. The Morgan fingerprint density at radius 1 is 1.24 bits per heavy atom. The van der Waals surface area contributed by atoms with Gasteiger partial charge in [0.1, 0.15) is 5.75 Å². The van der Waals surface area contributed by atoms with Crippen molar-refractivity contribution in [1.29, 1.82) is 0 Å². The molecular weight excluding hydrogens is 390 g/mol. The highest BCUT2D eigenvalue weighted by molar-refractivity contribution is 7.98. The monoisotopic (exact) mass is 415 g/mol. The number of carbonyl (C=O) groups excluding carboxylic acids is 1. The third-order valence-corrected chi connectivity index (χ3v) is 5.96. The van der Waals surface area contributed by atoms with Gasteiger partial charge in [0.15, 0.2) is 0 Å². The number of hydrogen-bond donors (Lipinski definition) is 1. The Kier molecular flexibility index (Phi) is 7.11. The molecule has 29 heavy (non-hydrogen) atoms. The number of nitrogens with one attached hydrogen (secondary N) is 1. The quantitative estimate of drug-likeness (QED) is 0.400. The third kappa shape index (κ3) is 5.07. The highest BCUT2D eigenvalue weighted by Gasteiger charge is 2.25. The molecule has 1 N–H and O–H groups in total. The van der Waals surface area contributed by atoms with Crippen molar-refractivity contribution < 1.29 is 14.5 Å². The van der Waals surface area contributed by atoms with Gasteiger partial charge >= 0.3 is 0 Å². The zero-order valence-electron chi connectivity index (χ0n) is 16.6. The lowest BCUT2D eigenvalue weighted by atomic mass is 10.0. The van der Waals surface area contributed by atoms with Crippen LogP contribution in [0.4, 0.5) is 5.69 Å². The second kappa shape index (κ2) is 9.76. The number of rotatable bonds is 8. The third-order valence-electron chi connectivity index (χ3n) is 5.18. The number of likely N-dealkylation sites (tertiary alicyclic amines) is 1. The molecule has 0 unspecified atom stereocenters. The van der Waals surface area contributed by atoms with Crippen molar-refractivity contribution in [2.45, 2.75) is 23.8 Å². The molecule has 1 aliphatic rings. The number of thioether (sulfide) groups is 1. The molecule has 0 saturated carbocycles. The van der Waals surface area contributed by atoms with Crippen LogP contribution in [0.15, 0.2) is 47.4 Å². The SMILES string of the molecule is COc1ccc([C@@H](CNC(=O)c2ccc(SC)c([N+](=O)[O-])c2)N2CCCC2)cc1. The average molecular weight is 416 g/mol. The zero-order valence-corrected chi connectivity index (χ0v) is 17.4. The summed E-state index contributed by atoms with van der Waals surface area (Å²) < 4.78 is 5.24. The van der Waals surface area contributed by atoms with Crippen LogP contribution in [0.25, 0.3) is 0 Å². The van der Waals surface area contributed by atoms with E-state index < -0.39 is 4.92 Å². The molecule has 8 heteroatoms. The molecule has 1 atom stereocenters. The second-order valence-corrected chi connectivity index (χ2v) is 7.73. The molecule has 1 amide bonds. The lowest BCUT2D eigenvalue weighted by Gasteiger charge is -2.28. The van der Waals surface area contributed by atoms with E-state index in [1.54, 1.807) is 25.5 Å². The van der Waals surface area contributed by atoms with Gasteiger partial charge in [0, 0.05) is 18.2 Å². The number of methoxy groups -OCH3 is 1. The smallest absolute Gasteiger partial charge is 0.283 e. The predicted molar refractivity (Wildman–Crippen MR) is 114 cm³/mol. The van der Waals surface area contributed by atoms with E-state index in [0.717, 1.165) is 37.2 Å². The molecule has 0 aromatic heterocycles. The van der Waals surface area contributed by atoms with Crippen LogP contribution in [0.1, 0.15) is 34.8 Å². The number of ether oxygens (including phenoxy) is 1. The number of benzene rings is 2. The maximum atomic E-state index is 12.7. The normalized spacial score (nSPS) is 15.1. The molecule has 0 spiro atoms. The first-order valence-corrected chi connectivity index (χ1v) is 10.7. The van der Waals surface area contributed by atoms with Crippen molar-refractivity contribution in [2.24, 2.45) is 0 Å². The number of nitro benzene ring substituents is 1. The van der Waals surface area contributed by atoms with Gasteiger partial charge in [0.05, 0.1) is 23.0 Å². The summed E-state index contributed by atoms with van der Waals surface area (Å²) >= 11 is 1.29. The lowest BCUT2D eigenvalue weighted by Crippen LogP contribution is -2.36. The van der Waals surface area contributed by atoms with Gasteiger partial charge in [-0.1, -0.05) is 12.1 Å². The van der Waals surface area contributed by atoms with Gasteiger partial charge in [0.2, 0.25) is 0 Å². The van der Waals surface area contributed by atoms with Gasteiger partial charge in [-0.2, -0.15) is 0 Å². The highest BCUT2D eigenvalue weighted by Crippen LogP contribution is 2.29. The zero-order chi connectivity index (χ0) is 20.8. The fourth-order valence-electron chi connectivity index (χ4n) is 3.60. The van der Waals surface area contributed by atoms with Crippen molar-refractivity contribution in [2.75, 3.05) is 33.0 Å². The molecule has 1 saturated heterocycles. The van der Waals surface area contributed by atoms with Gasteiger partial charge < -0.3 is 10.1 Å². The van der Waals surface area contributed by atoms with Crippen LogP contribution in [0.5, 0.6) is 5.75 Å². The van der Waals surface area contributed by atoms with Gasteiger partial charge in [-0.05, 0) is 62.0 Å². The number of nitro groups is 1. The minimum absolute atomic E-state index is 0.0450. The molecule has 2 aromatic carbocycles. The van der Waals surface area contributed by atoms with E-state index in [4.69, 9.17) is 4.74 Å². The summed E-state index contributed by atoms with van der Waals surface area (Å²) in [5.74, 6) is 0.484.